The molecule has 0 aliphatic heterocycles. The zero-order chi connectivity index (χ0) is 15.9. The number of esters is 1. The van der Waals surface area contributed by atoms with E-state index in [4.69, 9.17) is 9.47 Å². The third kappa shape index (κ3) is 7.90. The molecule has 1 aliphatic carbocycles. The number of aliphatic hydroxyl groups excluding tert-OH is 1. The van der Waals surface area contributed by atoms with Crippen LogP contribution in [-0.4, -0.2) is 41.5 Å². The van der Waals surface area contributed by atoms with Crippen LogP contribution in [0.2, 0.25) is 0 Å². The maximum Gasteiger partial charge on any atom is 0.407 e. The van der Waals surface area contributed by atoms with Crippen LogP contribution in [0.15, 0.2) is 0 Å². The van der Waals surface area contributed by atoms with Gasteiger partial charge in [0.05, 0.1) is 19.1 Å². The molecule has 0 aromatic carbocycles. The second-order valence-electron chi connectivity index (χ2n) is 6.48. The highest BCUT2D eigenvalue weighted by Gasteiger charge is 2.23. The van der Waals surface area contributed by atoms with E-state index in [-0.39, 0.29) is 19.1 Å². The molecule has 1 atom stereocenters. The second-order valence-corrected chi connectivity index (χ2v) is 6.48. The van der Waals surface area contributed by atoms with E-state index >= 15 is 0 Å². The molecule has 1 saturated carbocycles. The Hall–Kier alpha value is -1.30. The van der Waals surface area contributed by atoms with Crippen molar-refractivity contribution < 1.29 is 24.2 Å². The lowest BCUT2D eigenvalue weighted by Gasteiger charge is -2.24. The van der Waals surface area contributed by atoms with E-state index in [2.05, 4.69) is 5.32 Å². The molecule has 1 amide bonds. The van der Waals surface area contributed by atoms with Gasteiger partial charge in [-0.3, -0.25) is 4.79 Å². The molecule has 2 N–H and O–H groups in total. The van der Waals surface area contributed by atoms with Gasteiger partial charge in [-0.05, 0) is 46.5 Å². The lowest BCUT2D eigenvalue weighted by atomic mass is 9.98. The summed E-state index contributed by atoms with van der Waals surface area (Å²) in [5, 5.41) is 11.7. The molecular formula is C15H27NO5. The Balaban J connectivity index is 2.34. The summed E-state index contributed by atoms with van der Waals surface area (Å²) in [6.07, 6.45) is 4.43. The molecule has 21 heavy (non-hydrogen) atoms. The van der Waals surface area contributed by atoms with Gasteiger partial charge in [0.25, 0.3) is 0 Å². The first-order chi connectivity index (χ1) is 9.80. The van der Waals surface area contributed by atoms with Crippen molar-refractivity contribution in [2.24, 2.45) is 0 Å². The largest absolute Gasteiger partial charge is 0.462 e. The lowest BCUT2D eigenvalue weighted by molar-refractivity contribution is -0.151. The highest BCUT2D eigenvalue weighted by atomic mass is 16.6. The third-order valence-corrected chi connectivity index (χ3v) is 3.20. The molecule has 0 aromatic heterocycles. The summed E-state index contributed by atoms with van der Waals surface area (Å²) < 4.78 is 10.5. The van der Waals surface area contributed by atoms with Crippen LogP contribution in [0.5, 0.6) is 0 Å². The summed E-state index contributed by atoms with van der Waals surface area (Å²) in [6, 6.07) is -0.684. The molecule has 0 radical (unpaired) electrons. The molecule has 6 heteroatoms. The maximum absolute atomic E-state index is 11.8. The van der Waals surface area contributed by atoms with Crippen LogP contribution in [0.1, 0.15) is 59.3 Å². The Kier molecular flexibility index (Phi) is 6.95. The molecule has 1 aliphatic rings. The van der Waals surface area contributed by atoms with E-state index < -0.39 is 23.7 Å². The Labute approximate surface area is 126 Å². The van der Waals surface area contributed by atoms with Crippen LogP contribution < -0.4 is 5.32 Å². The van der Waals surface area contributed by atoms with Crippen molar-refractivity contribution in [1.29, 1.82) is 0 Å². The summed E-state index contributed by atoms with van der Waals surface area (Å²) in [5.41, 5.74) is -0.618. The predicted octanol–water partition coefficient (Wildman–Crippen LogP) is 2.14. The minimum Gasteiger partial charge on any atom is -0.462 e. The van der Waals surface area contributed by atoms with E-state index in [1.807, 2.05) is 0 Å². The third-order valence-electron chi connectivity index (χ3n) is 3.20. The predicted molar refractivity (Wildman–Crippen MR) is 77.8 cm³/mol. The van der Waals surface area contributed by atoms with Gasteiger partial charge in [0, 0.05) is 0 Å². The van der Waals surface area contributed by atoms with E-state index in [0.717, 1.165) is 25.7 Å². The number of rotatable bonds is 5. The number of carbonyl (C=O) groups excluding carboxylic acids is 2. The number of alkyl carbamates (subject to hydrolysis) is 1. The fourth-order valence-corrected chi connectivity index (χ4v) is 2.25. The quantitative estimate of drug-likeness (QED) is 0.760. The van der Waals surface area contributed by atoms with Crippen LogP contribution in [0.3, 0.4) is 0 Å². The average molecular weight is 301 g/mol. The van der Waals surface area contributed by atoms with Gasteiger partial charge in [0.1, 0.15) is 11.7 Å². The highest BCUT2D eigenvalue weighted by Crippen LogP contribution is 2.20. The summed E-state index contributed by atoms with van der Waals surface area (Å²) in [4.78, 5) is 23.4. The minimum atomic E-state index is -0.684. The molecule has 122 valence electrons. The highest BCUT2D eigenvalue weighted by molar-refractivity contribution is 5.73. The van der Waals surface area contributed by atoms with Crippen LogP contribution in [-0.2, 0) is 14.3 Å². The van der Waals surface area contributed by atoms with Crippen molar-refractivity contribution in [3.63, 3.8) is 0 Å². The van der Waals surface area contributed by atoms with Crippen LogP contribution in [0.25, 0.3) is 0 Å². The normalized spacial score (nSPS) is 17.9. The zero-order valence-corrected chi connectivity index (χ0v) is 13.2. The van der Waals surface area contributed by atoms with Crippen molar-refractivity contribution in [3.8, 4) is 0 Å². The van der Waals surface area contributed by atoms with Gasteiger partial charge in [0.15, 0.2) is 0 Å². The van der Waals surface area contributed by atoms with Crippen molar-refractivity contribution in [2.75, 3.05) is 6.61 Å². The maximum atomic E-state index is 11.8. The molecular weight excluding hydrogens is 274 g/mol. The molecule has 0 aromatic rings. The van der Waals surface area contributed by atoms with Crippen molar-refractivity contribution in [3.05, 3.63) is 0 Å². The Morgan fingerprint density at radius 3 is 2.38 bits per heavy atom. The Bertz CT molecular complexity index is 344. The first-order valence-corrected chi connectivity index (χ1v) is 7.60. The van der Waals surface area contributed by atoms with Gasteiger partial charge in [-0.15, -0.1) is 0 Å². The fraction of sp³-hybridized carbons (Fsp3) is 0.867. The molecule has 0 saturated heterocycles. The number of hydrogen-bond acceptors (Lipinski definition) is 5. The fourth-order valence-electron chi connectivity index (χ4n) is 2.25. The summed E-state index contributed by atoms with van der Waals surface area (Å²) in [6.45, 7) is 4.91. The summed E-state index contributed by atoms with van der Waals surface area (Å²) in [7, 11) is 0. The van der Waals surface area contributed by atoms with Gasteiger partial charge < -0.3 is 19.9 Å². The summed E-state index contributed by atoms with van der Waals surface area (Å²) >= 11 is 0. The SMILES string of the molecule is CC(C)(C)OC(=O)N[C@H](CO)CC(=O)OC1CCCCC1. The van der Waals surface area contributed by atoms with E-state index in [0.29, 0.717) is 0 Å². The standard InChI is InChI=1S/C15H27NO5/c1-15(2,3)21-14(19)16-11(10-17)9-13(18)20-12-7-5-4-6-8-12/h11-12,17H,4-10H2,1-3H3,(H,16,19)/t11-/m0/s1. The molecule has 0 bridgehead atoms. The number of aliphatic hydroxyl groups is 1. The molecule has 0 spiro atoms. The topological polar surface area (TPSA) is 84.9 Å². The van der Waals surface area contributed by atoms with Crippen molar-refractivity contribution in [2.45, 2.75) is 77.0 Å². The number of ether oxygens (including phenoxy) is 2. The number of nitrogens with one attached hydrogen (secondary N) is 1. The second kappa shape index (κ2) is 8.22. The smallest absolute Gasteiger partial charge is 0.407 e. The Morgan fingerprint density at radius 1 is 1.24 bits per heavy atom. The van der Waals surface area contributed by atoms with Gasteiger partial charge in [-0.2, -0.15) is 0 Å². The molecule has 0 heterocycles. The van der Waals surface area contributed by atoms with Gasteiger partial charge in [-0.1, -0.05) is 6.42 Å². The van der Waals surface area contributed by atoms with Gasteiger partial charge >= 0.3 is 12.1 Å². The van der Waals surface area contributed by atoms with Crippen molar-refractivity contribution >= 4 is 12.1 Å². The molecule has 0 unspecified atom stereocenters. The monoisotopic (exact) mass is 301 g/mol. The Morgan fingerprint density at radius 2 is 1.86 bits per heavy atom. The van der Waals surface area contributed by atoms with Crippen LogP contribution >= 0.6 is 0 Å². The van der Waals surface area contributed by atoms with E-state index in [9.17, 15) is 14.7 Å². The van der Waals surface area contributed by atoms with Crippen LogP contribution in [0, 0.1) is 0 Å². The van der Waals surface area contributed by atoms with Gasteiger partial charge in [-0.25, -0.2) is 4.79 Å². The summed E-state index contributed by atoms with van der Waals surface area (Å²) in [5.74, 6) is -0.392. The van der Waals surface area contributed by atoms with Crippen molar-refractivity contribution in [1.82, 2.24) is 5.32 Å². The minimum absolute atomic E-state index is 0.0212. The molecule has 1 rings (SSSR count). The van der Waals surface area contributed by atoms with Gasteiger partial charge in [0.2, 0.25) is 0 Å². The number of carbonyl (C=O) groups is 2. The number of hydrogen-bond donors (Lipinski definition) is 2. The molecule has 1 fully saturated rings. The van der Waals surface area contributed by atoms with E-state index in [1.54, 1.807) is 20.8 Å². The van der Waals surface area contributed by atoms with E-state index in [1.165, 1.54) is 6.42 Å². The average Bonchev–Trinajstić information content (AvgIpc) is 2.36. The zero-order valence-electron chi connectivity index (χ0n) is 13.2. The molecule has 6 nitrogen and oxygen atoms in total. The first-order valence-electron chi connectivity index (χ1n) is 7.60. The number of amides is 1. The van der Waals surface area contributed by atoms with Crippen LogP contribution in [0.4, 0.5) is 4.79 Å². The lowest BCUT2D eigenvalue weighted by Crippen LogP contribution is -2.42. The first kappa shape index (κ1) is 17.8.